The van der Waals surface area contributed by atoms with E-state index in [1.165, 1.54) is 12.1 Å². The largest absolute Gasteiger partial charge is 0.273 e. The summed E-state index contributed by atoms with van der Waals surface area (Å²) in [5.74, 6) is -0.569. The molecular formula is C15H12BrFN2O. The Morgan fingerprint density at radius 2 is 1.90 bits per heavy atom. The molecule has 0 fully saturated rings. The monoisotopic (exact) mass is 334 g/mol. The van der Waals surface area contributed by atoms with Crippen LogP contribution in [0.2, 0.25) is 0 Å². The molecule has 2 rings (SSSR count). The van der Waals surface area contributed by atoms with Gasteiger partial charge in [0, 0.05) is 10.0 Å². The van der Waals surface area contributed by atoms with Crippen molar-refractivity contribution in [2.24, 2.45) is 5.10 Å². The van der Waals surface area contributed by atoms with E-state index in [-0.39, 0.29) is 18.1 Å². The standard InChI is InChI=1S/C15H12BrFN2O/c16-14-4-2-1-3-12(14)10-18-19-15(20)9-11-5-7-13(17)8-6-11/h1-8,10H,9H2,(H,19,20). The van der Waals surface area contributed by atoms with Crippen molar-refractivity contribution in [1.29, 1.82) is 0 Å². The first kappa shape index (κ1) is 14.4. The predicted octanol–water partition coefficient (Wildman–Crippen LogP) is 3.28. The summed E-state index contributed by atoms with van der Waals surface area (Å²) in [5, 5.41) is 3.89. The first-order valence-corrected chi connectivity index (χ1v) is 6.75. The highest BCUT2D eigenvalue weighted by Gasteiger charge is 2.02. The van der Waals surface area contributed by atoms with Gasteiger partial charge in [0.1, 0.15) is 5.82 Å². The molecule has 0 unspecified atom stereocenters. The minimum absolute atomic E-state index is 0.160. The van der Waals surface area contributed by atoms with Crippen molar-refractivity contribution in [2.75, 3.05) is 0 Å². The van der Waals surface area contributed by atoms with E-state index in [9.17, 15) is 9.18 Å². The molecule has 102 valence electrons. The number of carbonyl (C=O) groups excluding carboxylic acids is 1. The number of hydrazone groups is 1. The zero-order valence-corrected chi connectivity index (χ0v) is 12.1. The van der Waals surface area contributed by atoms with Crippen molar-refractivity contribution in [1.82, 2.24) is 5.43 Å². The van der Waals surface area contributed by atoms with E-state index in [1.54, 1.807) is 18.3 Å². The van der Waals surface area contributed by atoms with Crippen LogP contribution in [-0.4, -0.2) is 12.1 Å². The topological polar surface area (TPSA) is 41.5 Å². The first-order valence-electron chi connectivity index (χ1n) is 5.96. The Morgan fingerprint density at radius 1 is 1.20 bits per heavy atom. The molecule has 1 N–H and O–H groups in total. The van der Waals surface area contributed by atoms with E-state index in [1.807, 2.05) is 24.3 Å². The number of benzene rings is 2. The Kier molecular flexibility index (Phi) is 5.01. The molecule has 0 aliphatic carbocycles. The summed E-state index contributed by atoms with van der Waals surface area (Å²) in [6, 6.07) is 13.3. The summed E-state index contributed by atoms with van der Waals surface area (Å²) in [6.45, 7) is 0. The highest BCUT2D eigenvalue weighted by atomic mass is 79.9. The number of rotatable bonds is 4. The lowest BCUT2D eigenvalue weighted by molar-refractivity contribution is -0.120. The molecule has 0 saturated carbocycles. The summed E-state index contributed by atoms with van der Waals surface area (Å²) in [7, 11) is 0. The van der Waals surface area contributed by atoms with Crippen LogP contribution in [0, 0.1) is 5.82 Å². The second-order valence-corrected chi connectivity index (χ2v) is 4.97. The average Bonchev–Trinajstić information content (AvgIpc) is 2.43. The molecular weight excluding hydrogens is 323 g/mol. The molecule has 3 nitrogen and oxygen atoms in total. The number of halogens is 2. The van der Waals surface area contributed by atoms with Gasteiger partial charge in [-0.15, -0.1) is 0 Å². The molecule has 0 bridgehead atoms. The Bertz CT molecular complexity index is 626. The molecule has 1 amide bonds. The number of nitrogens with one attached hydrogen (secondary N) is 1. The first-order chi connectivity index (χ1) is 9.65. The van der Waals surface area contributed by atoms with Crippen LogP contribution in [0.1, 0.15) is 11.1 Å². The highest BCUT2D eigenvalue weighted by Crippen LogP contribution is 2.13. The molecule has 2 aromatic carbocycles. The lowest BCUT2D eigenvalue weighted by Gasteiger charge is -2.01. The molecule has 0 radical (unpaired) electrons. The number of hydrogen-bond acceptors (Lipinski definition) is 2. The summed E-state index contributed by atoms with van der Waals surface area (Å²) >= 11 is 3.38. The average molecular weight is 335 g/mol. The zero-order valence-electron chi connectivity index (χ0n) is 10.5. The van der Waals surface area contributed by atoms with Gasteiger partial charge in [0.2, 0.25) is 5.91 Å². The van der Waals surface area contributed by atoms with Crippen LogP contribution in [0.5, 0.6) is 0 Å². The summed E-state index contributed by atoms with van der Waals surface area (Å²) < 4.78 is 13.6. The molecule has 0 aliphatic rings. The molecule has 0 atom stereocenters. The van der Waals surface area contributed by atoms with Gasteiger partial charge in [-0.25, -0.2) is 9.82 Å². The maximum atomic E-state index is 12.7. The van der Waals surface area contributed by atoms with Crippen molar-refractivity contribution >= 4 is 28.1 Å². The molecule has 2 aromatic rings. The molecule has 0 aromatic heterocycles. The molecule has 20 heavy (non-hydrogen) atoms. The van der Waals surface area contributed by atoms with Crippen LogP contribution in [0.3, 0.4) is 0 Å². The molecule has 0 saturated heterocycles. The summed E-state index contributed by atoms with van der Waals surface area (Å²) in [5.41, 5.74) is 4.04. The third-order valence-corrected chi connectivity index (χ3v) is 3.30. The van der Waals surface area contributed by atoms with Crippen LogP contribution in [-0.2, 0) is 11.2 Å². The maximum Gasteiger partial charge on any atom is 0.244 e. The fourth-order valence-corrected chi connectivity index (χ4v) is 1.97. The van der Waals surface area contributed by atoms with E-state index in [4.69, 9.17) is 0 Å². The van der Waals surface area contributed by atoms with Crippen molar-refractivity contribution in [3.63, 3.8) is 0 Å². The van der Waals surface area contributed by atoms with Crippen molar-refractivity contribution in [3.8, 4) is 0 Å². The van der Waals surface area contributed by atoms with Crippen molar-refractivity contribution in [3.05, 3.63) is 69.9 Å². The fourth-order valence-electron chi connectivity index (χ4n) is 1.58. The lowest BCUT2D eigenvalue weighted by Crippen LogP contribution is -2.19. The van der Waals surface area contributed by atoms with Crippen LogP contribution in [0.15, 0.2) is 58.1 Å². The minimum Gasteiger partial charge on any atom is -0.273 e. The van der Waals surface area contributed by atoms with E-state index >= 15 is 0 Å². The van der Waals surface area contributed by atoms with Gasteiger partial charge < -0.3 is 0 Å². The van der Waals surface area contributed by atoms with Gasteiger partial charge in [-0.05, 0) is 23.8 Å². The Morgan fingerprint density at radius 3 is 2.60 bits per heavy atom. The molecule has 0 spiro atoms. The van der Waals surface area contributed by atoms with E-state index in [0.717, 1.165) is 15.6 Å². The quantitative estimate of drug-likeness (QED) is 0.676. The second kappa shape index (κ2) is 6.96. The minimum atomic E-state index is -0.318. The van der Waals surface area contributed by atoms with Gasteiger partial charge in [-0.3, -0.25) is 4.79 Å². The Hall–Kier alpha value is -2.01. The molecule has 5 heteroatoms. The highest BCUT2D eigenvalue weighted by molar-refractivity contribution is 9.10. The molecule has 0 heterocycles. The smallest absolute Gasteiger partial charge is 0.244 e. The van der Waals surface area contributed by atoms with Gasteiger partial charge in [-0.2, -0.15) is 5.10 Å². The third-order valence-electron chi connectivity index (χ3n) is 2.58. The van der Waals surface area contributed by atoms with Gasteiger partial charge in [-0.1, -0.05) is 46.3 Å². The van der Waals surface area contributed by atoms with Crippen LogP contribution in [0.25, 0.3) is 0 Å². The van der Waals surface area contributed by atoms with Crippen molar-refractivity contribution in [2.45, 2.75) is 6.42 Å². The number of amides is 1. The van der Waals surface area contributed by atoms with E-state index in [2.05, 4.69) is 26.5 Å². The number of carbonyl (C=O) groups is 1. The normalized spacial score (nSPS) is 10.7. The Balaban J connectivity index is 1.89. The number of hydrogen-bond donors (Lipinski definition) is 1. The number of nitrogens with zero attached hydrogens (tertiary/aromatic N) is 1. The maximum absolute atomic E-state index is 12.7. The summed E-state index contributed by atoms with van der Waals surface area (Å²) in [4.78, 5) is 11.6. The Labute approximate surface area is 124 Å². The van der Waals surface area contributed by atoms with Crippen LogP contribution >= 0.6 is 15.9 Å². The second-order valence-electron chi connectivity index (χ2n) is 4.12. The third kappa shape index (κ3) is 4.28. The van der Waals surface area contributed by atoms with E-state index in [0.29, 0.717) is 0 Å². The van der Waals surface area contributed by atoms with Crippen LogP contribution in [0.4, 0.5) is 4.39 Å². The fraction of sp³-hybridized carbons (Fsp3) is 0.0667. The summed E-state index contributed by atoms with van der Waals surface area (Å²) in [6.07, 6.45) is 1.72. The lowest BCUT2D eigenvalue weighted by atomic mass is 10.1. The van der Waals surface area contributed by atoms with Gasteiger partial charge in [0.25, 0.3) is 0 Å². The predicted molar refractivity (Wildman–Crippen MR) is 80.0 cm³/mol. The van der Waals surface area contributed by atoms with Gasteiger partial charge in [0.15, 0.2) is 0 Å². The van der Waals surface area contributed by atoms with E-state index < -0.39 is 0 Å². The van der Waals surface area contributed by atoms with Crippen molar-refractivity contribution < 1.29 is 9.18 Å². The zero-order chi connectivity index (χ0) is 14.4. The SMILES string of the molecule is O=C(Cc1ccc(F)cc1)NN=Cc1ccccc1Br. The van der Waals surface area contributed by atoms with Crippen LogP contribution < -0.4 is 5.43 Å². The molecule has 0 aliphatic heterocycles. The van der Waals surface area contributed by atoms with Gasteiger partial charge in [0.05, 0.1) is 12.6 Å². The van der Waals surface area contributed by atoms with Gasteiger partial charge >= 0.3 is 0 Å².